The topological polar surface area (TPSA) is 35.4 Å². The van der Waals surface area contributed by atoms with Crippen molar-refractivity contribution in [2.45, 2.75) is 0 Å². The Balaban J connectivity index is 2.41. The molecule has 52 valence electrons. The van der Waals surface area contributed by atoms with Crippen LogP contribution in [0.3, 0.4) is 0 Å². The summed E-state index contributed by atoms with van der Waals surface area (Å²) in [6.07, 6.45) is 5.09. The SMILES string of the molecule is [O-][N+]12C=CSC1=NC=CC2. The Labute approximate surface area is 62.9 Å². The maximum Gasteiger partial charge on any atom is 0.273 e. The van der Waals surface area contributed by atoms with Crippen molar-refractivity contribution in [2.24, 2.45) is 4.99 Å². The number of hydroxylamine groups is 3. The maximum atomic E-state index is 11.5. The van der Waals surface area contributed by atoms with Crippen LogP contribution in [0.25, 0.3) is 0 Å². The molecular weight excluding hydrogens is 148 g/mol. The van der Waals surface area contributed by atoms with Crippen molar-refractivity contribution in [3.05, 3.63) is 29.1 Å². The first-order valence-electron chi connectivity index (χ1n) is 2.98. The van der Waals surface area contributed by atoms with Gasteiger partial charge in [0.1, 0.15) is 12.7 Å². The van der Waals surface area contributed by atoms with Gasteiger partial charge in [-0.3, -0.25) is 4.65 Å². The smallest absolute Gasteiger partial charge is 0.273 e. The molecule has 0 amide bonds. The molecule has 2 rings (SSSR count). The van der Waals surface area contributed by atoms with E-state index in [1.807, 2.05) is 0 Å². The molecule has 4 heteroatoms. The van der Waals surface area contributed by atoms with Crippen LogP contribution in [0.1, 0.15) is 0 Å². The summed E-state index contributed by atoms with van der Waals surface area (Å²) in [5.74, 6) is 0. The first-order chi connectivity index (χ1) is 4.81. The normalized spacial score (nSPS) is 35.9. The number of rotatable bonds is 0. The van der Waals surface area contributed by atoms with Crippen LogP contribution >= 0.6 is 11.8 Å². The fraction of sp³-hybridized carbons (Fsp3) is 0.167. The summed E-state index contributed by atoms with van der Waals surface area (Å²) in [7, 11) is 0. The minimum Gasteiger partial charge on any atom is -0.620 e. The van der Waals surface area contributed by atoms with Gasteiger partial charge >= 0.3 is 0 Å². The van der Waals surface area contributed by atoms with E-state index in [0.29, 0.717) is 11.7 Å². The predicted molar refractivity (Wildman–Crippen MR) is 41.8 cm³/mol. The van der Waals surface area contributed by atoms with E-state index in [1.54, 1.807) is 23.9 Å². The van der Waals surface area contributed by atoms with Crippen molar-refractivity contribution >= 4 is 16.9 Å². The van der Waals surface area contributed by atoms with Crippen molar-refractivity contribution < 1.29 is 4.65 Å². The zero-order valence-electron chi connectivity index (χ0n) is 5.23. The molecule has 1 atom stereocenters. The van der Waals surface area contributed by atoms with Crippen LogP contribution in [0.15, 0.2) is 28.9 Å². The zero-order valence-corrected chi connectivity index (χ0v) is 6.04. The summed E-state index contributed by atoms with van der Waals surface area (Å²) in [6, 6.07) is 0. The first-order valence-corrected chi connectivity index (χ1v) is 3.86. The lowest BCUT2D eigenvalue weighted by Gasteiger charge is -2.34. The Bertz CT molecular complexity index is 246. The Kier molecular flexibility index (Phi) is 1.20. The van der Waals surface area contributed by atoms with Gasteiger partial charge in [-0.05, 0) is 17.8 Å². The molecule has 2 heterocycles. The molecule has 0 saturated carbocycles. The molecule has 10 heavy (non-hydrogen) atoms. The van der Waals surface area contributed by atoms with Crippen molar-refractivity contribution in [1.82, 2.24) is 0 Å². The third kappa shape index (κ3) is 0.733. The van der Waals surface area contributed by atoms with E-state index in [2.05, 4.69) is 4.99 Å². The number of nitrogens with zero attached hydrogens (tertiary/aromatic N) is 2. The van der Waals surface area contributed by atoms with Crippen molar-refractivity contribution in [1.29, 1.82) is 0 Å². The number of thioether (sulfide) groups is 1. The van der Waals surface area contributed by atoms with Gasteiger partial charge in [-0.1, -0.05) is 0 Å². The summed E-state index contributed by atoms with van der Waals surface area (Å²) in [6.45, 7) is 0.488. The highest BCUT2D eigenvalue weighted by atomic mass is 32.2. The number of fused-ring (bicyclic) bond motifs is 1. The summed E-state index contributed by atoms with van der Waals surface area (Å²) in [5, 5.41) is 14.0. The largest absolute Gasteiger partial charge is 0.620 e. The van der Waals surface area contributed by atoms with Gasteiger partial charge in [0.05, 0.1) is 0 Å². The molecule has 2 aliphatic rings. The van der Waals surface area contributed by atoms with Gasteiger partial charge in [0, 0.05) is 11.6 Å². The van der Waals surface area contributed by atoms with E-state index in [4.69, 9.17) is 0 Å². The number of amidine groups is 1. The summed E-state index contributed by atoms with van der Waals surface area (Å²) >= 11 is 1.40. The third-order valence-electron chi connectivity index (χ3n) is 1.47. The molecule has 0 N–H and O–H groups in total. The van der Waals surface area contributed by atoms with Crippen LogP contribution in [0, 0.1) is 5.21 Å². The second-order valence-corrected chi connectivity index (χ2v) is 3.05. The van der Waals surface area contributed by atoms with Crippen LogP contribution in [-0.2, 0) is 0 Å². The van der Waals surface area contributed by atoms with Crippen LogP contribution in [0.5, 0.6) is 0 Å². The van der Waals surface area contributed by atoms with Crippen LogP contribution < -0.4 is 0 Å². The molecule has 0 fully saturated rings. The minimum atomic E-state index is -0.388. The number of aliphatic imine (C=N–C) groups is 1. The highest BCUT2D eigenvalue weighted by Gasteiger charge is 2.28. The first kappa shape index (κ1) is 6.15. The molecule has 2 aliphatic heterocycles. The van der Waals surface area contributed by atoms with Crippen LogP contribution in [-0.4, -0.2) is 16.4 Å². The van der Waals surface area contributed by atoms with E-state index in [1.165, 1.54) is 11.8 Å². The average molecular weight is 154 g/mol. The Morgan fingerprint density at radius 2 is 2.60 bits per heavy atom. The van der Waals surface area contributed by atoms with Gasteiger partial charge in [-0.15, -0.1) is 0 Å². The molecule has 1 unspecified atom stereocenters. The lowest BCUT2D eigenvalue weighted by Crippen LogP contribution is -2.39. The van der Waals surface area contributed by atoms with Gasteiger partial charge < -0.3 is 5.21 Å². The molecule has 0 bridgehead atoms. The number of hydrogen-bond acceptors (Lipinski definition) is 3. The minimum absolute atomic E-state index is 0.388. The summed E-state index contributed by atoms with van der Waals surface area (Å²) in [4.78, 5) is 3.96. The molecule has 0 aliphatic carbocycles. The predicted octanol–water partition coefficient (Wildman–Crippen LogP) is 1.40. The maximum absolute atomic E-state index is 11.5. The molecule has 0 spiro atoms. The van der Waals surface area contributed by atoms with E-state index >= 15 is 0 Å². The highest BCUT2D eigenvalue weighted by Crippen LogP contribution is 2.28. The lowest BCUT2D eigenvalue weighted by atomic mass is 10.5. The van der Waals surface area contributed by atoms with E-state index in [-0.39, 0.29) is 4.65 Å². The molecular formula is C6H6N2OS. The molecule has 0 saturated heterocycles. The monoisotopic (exact) mass is 154 g/mol. The molecule has 0 aromatic carbocycles. The number of quaternary nitrogens is 1. The highest BCUT2D eigenvalue weighted by molar-refractivity contribution is 8.16. The molecule has 0 aromatic heterocycles. The Hall–Kier alpha value is -0.580. The van der Waals surface area contributed by atoms with Crippen molar-refractivity contribution in [3.63, 3.8) is 0 Å². The van der Waals surface area contributed by atoms with Crippen molar-refractivity contribution in [2.75, 3.05) is 6.54 Å². The number of hydrogen-bond donors (Lipinski definition) is 0. The van der Waals surface area contributed by atoms with Gasteiger partial charge in [0.2, 0.25) is 0 Å². The molecule has 0 radical (unpaired) electrons. The lowest BCUT2D eigenvalue weighted by molar-refractivity contribution is -0.720. The second-order valence-electron chi connectivity index (χ2n) is 2.18. The zero-order chi connectivity index (χ0) is 7.03. The Morgan fingerprint density at radius 1 is 1.70 bits per heavy atom. The fourth-order valence-electron chi connectivity index (χ4n) is 0.930. The standard InChI is InChI=1S/C6H6N2OS/c9-8-3-1-2-7-6(8)10-5-4-8/h1-2,4-5H,3H2. The average Bonchev–Trinajstić information content (AvgIpc) is 2.29. The van der Waals surface area contributed by atoms with Gasteiger partial charge in [-0.2, -0.15) is 4.99 Å². The van der Waals surface area contributed by atoms with Gasteiger partial charge in [-0.25, -0.2) is 0 Å². The second kappa shape index (κ2) is 1.95. The third-order valence-corrected chi connectivity index (χ3v) is 2.35. The van der Waals surface area contributed by atoms with E-state index < -0.39 is 0 Å². The fourth-order valence-corrected chi connectivity index (χ4v) is 1.74. The summed E-state index contributed by atoms with van der Waals surface area (Å²) < 4.78 is -0.388. The van der Waals surface area contributed by atoms with Crippen LogP contribution in [0.4, 0.5) is 0 Å². The van der Waals surface area contributed by atoms with Gasteiger partial charge in [0.15, 0.2) is 0 Å². The molecule has 0 aromatic rings. The van der Waals surface area contributed by atoms with Crippen molar-refractivity contribution in [3.8, 4) is 0 Å². The van der Waals surface area contributed by atoms with Crippen LogP contribution in [0.2, 0.25) is 0 Å². The van der Waals surface area contributed by atoms with E-state index in [0.717, 1.165) is 0 Å². The Morgan fingerprint density at radius 3 is 3.40 bits per heavy atom. The quantitative estimate of drug-likeness (QED) is 0.390. The summed E-state index contributed by atoms with van der Waals surface area (Å²) in [5.41, 5.74) is 0. The van der Waals surface area contributed by atoms with E-state index in [9.17, 15) is 5.21 Å². The van der Waals surface area contributed by atoms with Gasteiger partial charge in [0.25, 0.3) is 5.17 Å². The molecule has 3 nitrogen and oxygen atoms in total.